The molecule has 0 radical (unpaired) electrons. The molecule has 5 nitrogen and oxygen atoms in total. The molecule has 0 aromatic carbocycles. The van der Waals surface area contributed by atoms with E-state index in [0.29, 0.717) is 12.5 Å². The summed E-state index contributed by atoms with van der Waals surface area (Å²) in [6, 6.07) is 4.28. The first-order valence-electron chi connectivity index (χ1n) is 7.30. The highest BCUT2D eigenvalue weighted by Gasteiger charge is 2.50. The maximum absolute atomic E-state index is 11.6. The summed E-state index contributed by atoms with van der Waals surface area (Å²) in [5, 5.41) is 5.12. The van der Waals surface area contributed by atoms with Crippen LogP contribution in [-0.2, 0) is 20.8 Å². The summed E-state index contributed by atoms with van der Waals surface area (Å²) in [6.07, 6.45) is 0. The first kappa shape index (κ1) is 15.0. The highest BCUT2D eigenvalue weighted by molar-refractivity contribution is 7.09. The molecule has 2 saturated heterocycles. The maximum Gasteiger partial charge on any atom is 0.246 e. The molecule has 6 heteroatoms. The summed E-state index contributed by atoms with van der Waals surface area (Å²) in [5.41, 5.74) is 0.0701. The fraction of sp³-hybridized carbons (Fsp3) is 0.667. The van der Waals surface area contributed by atoms with Crippen molar-refractivity contribution in [1.29, 1.82) is 0 Å². The molecule has 1 aromatic rings. The molecule has 0 bridgehead atoms. The average molecular weight is 310 g/mol. The van der Waals surface area contributed by atoms with Crippen LogP contribution in [-0.4, -0.2) is 57.4 Å². The molecule has 0 unspecified atom stereocenters. The van der Waals surface area contributed by atoms with Crippen LogP contribution >= 0.6 is 11.3 Å². The van der Waals surface area contributed by atoms with Crippen molar-refractivity contribution in [2.24, 2.45) is 11.3 Å². The third-order valence-electron chi connectivity index (χ3n) is 4.46. The average Bonchev–Trinajstić information content (AvgIpc) is 3.13. The topological polar surface area (TPSA) is 50.8 Å². The SMILES string of the molecule is COCC(=O)NC[C@]12COC[C@H]1CN(Cc1cccs1)C2. The van der Waals surface area contributed by atoms with Crippen LogP contribution < -0.4 is 5.32 Å². The molecule has 0 saturated carbocycles. The number of hydrogen-bond donors (Lipinski definition) is 1. The minimum absolute atomic E-state index is 0.0470. The Hall–Kier alpha value is -0.950. The Labute approximate surface area is 129 Å². The van der Waals surface area contributed by atoms with E-state index in [1.165, 1.54) is 12.0 Å². The number of fused-ring (bicyclic) bond motifs is 1. The monoisotopic (exact) mass is 310 g/mol. The number of rotatable bonds is 6. The lowest BCUT2D eigenvalue weighted by Crippen LogP contribution is -2.43. The fourth-order valence-electron chi connectivity index (χ4n) is 3.39. The van der Waals surface area contributed by atoms with Gasteiger partial charge >= 0.3 is 0 Å². The molecular formula is C15H22N2O3S. The highest BCUT2D eigenvalue weighted by atomic mass is 32.1. The highest BCUT2D eigenvalue weighted by Crippen LogP contribution is 2.41. The van der Waals surface area contributed by atoms with Gasteiger partial charge < -0.3 is 14.8 Å². The predicted molar refractivity (Wildman–Crippen MR) is 81.2 cm³/mol. The van der Waals surface area contributed by atoms with E-state index in [1.807, 2.05) is 0 Å². The maximum atomic E-state index is 11.6. The first-order valence-corrected chi connectivity index (χ1v) is 8.18. The van der Waals surface area contributed by atoms with Crippen LogP contribution in [0.25, 0.3) is 0 Å². The number of thiophene rings is 1. The fourth-order valence-corrected chi connectivity index (χ4v) is 4.14. The van der Waals surface area contributed by atoms with Gasteiger partial charge in [-0.1, -0.05) is 6.07 Å². The van der Waals surface area contributed by atoms with E-state index in [2.05, 4.69) is 27.7 Å². The van der Waals surface area contributed by atoms with E-state index >= 15 is 0 Å². The van der Waals surface area contributed by atoms with E-state index in [1.54, 1.807) is 11.3 Å². The van der Waals surface area contributed by atoms with Gasteiger partial charge in [-0.25, -0.2) is 0 Å². The second kappa shape index (κ2) is 6.44. The van der Waals surface area contributed by atoms with E-state index in [0.717, 1.165) is 32.8 Å². The zero-order chi connectivity index (χ0) is 14.7. The molecule has 2 atom stereocenters. The zero-order valence-corrected chi connectivity index (χ0v) is 13.2. The first-order chi connectivity index (χ1) is 10.2. The smallest absolute Gasteiger partial charge is 0.246 e. The number of carbonyl (C=O) groups is 1. The van der Waals surface area contributed by atoms with Crippen molar-refractivity contribution in [3.63, 3.8) is 0 Å². The standard InChI is InChI=1S/C15H22N2O3S/c1-19-8-14(18)16-9-15-10-17(5-12(15)7-20-11-15)6-13-3-2-4-21-13/h2-4,12H,5-11H2,1H3,(H,16,18)/t12-,15+/m1/s1. The van der Waals surface area contributed by atoms with Gasteiger partial charge in [-0.15, -0.1) is 11.3 Å². The van der Waals surface area contributed by atoms with Gasteiger partial charge in [0.15, 0.2) is 0 Å². The quantitative estimate of drug-likeness (QED) is 0.850. The summed E-state index contributed by atoms with van der Waals surface area (Å²) >= 11 is 1.80. The van der Waals surface area contributed by atoms with Gasteiger partial charge in [0.1, 0.15) is 6.61 Å². The molecule has 0 spiro atoms. The van der Waals surface area contributed by atoms with Crippen molar-refractivity contribution in [3.05, 3.63) is 22.4 Å². The van der Waals surface area contributed by atoms with Crippen LogP contribution in [0.1, 0.15) is 4.88 Å². The van der Waals surface area contributed by atoms with Crippen LogP contribution in [0.4, 0.5) is 0 Å². The Kier molecular flexibility index (Phi) is 4.59. The third kappa shape index (κ3) is 3.29. The Morgan fingerprint density at radius 2 is 2.57 bits per heavy atom. The molecule has 116 valence electrons. The number of hydrogen-bond acceptors (Lipinski definition) is 5. The predicted octanol–water partition coefficient (Wildman–Crippen LogP) is 0.959. The second-order valence-electron chi connectivity index (χ2n) is 6.03. The number of nitrogens with one attached hydrogen (secondary N) is 1. The van der Waals surface area contributed by atoms with E-state index in [-0.39, 0.29) is 17.9 Å². The lowest BCUT2D eigenvalue weighted by atomic mass is 9.81. The van der Waals surface area contributed by atoms with Gasteiger partial charge in [-0.2, -0.15) is 0 Å². The molecule has 2 aliphatic rings. The summed E-state index contributed by atoms with van der Waals surface area (Å²) in [5.74, 6) is 0.467. The summed E-state index contributed by atoms with van der Waals surface area (Å²) in [6.45, 7) is 5.40. The Morgan fingerprint density at radius 3 is 3.33 bits per heavy atom. The largest absolute Gasteiger partial charge is 0.380 e. The van der Waals surface area contributed by atoms with Gasteiger partial charge in [-0.05, 0) is 11.4 Å². The van der Waals surface area contributed by atoms with Crippen LogP contribution in [0.2, 0.25) is 0 Å². The molecule has 1 aromatic heterocycles. The van der Waals surface area contributed by atoms with Gasteiger partial charge in [0.25, 0.3) is 0 Å². The molecule has 3 rings (SSSR count). The van der Waals surface area contributed by atoms with E-state index in [9.17, 15) is 4.79 Å². The Balaban J connectivity index is 1.59. The van der Waals surface area contributed by atoms with Crippen molar-refractivity contribution in [2.45, 2.75) is 6.54 Å². The summed E-state index contributed by atoms with van der Waals surface area (Å²) in [4.78, 5) is 15.5. The number of ether oxygens (including phenoxy) is 2. The van der Waals surface area contributed by atoms with Gasteiger partial charge in [0.2, 0.25) is 5.91 Å². The van der Waals surface area contributed by atoms with Crippen LogP contribution in [0.15, 0.2) is 17.5 Å². The van der Waals surface area contributed by atoms with Gasteiger partial charge in [-0.3, -0.25) is 9.69 Å². The molecule has 21 heavy (non-hydrogen) atoms. The molecule has 2 fully saturated rings. The number of amides is 1. The normalized spacial score (nSPS) is 28.7. The lowest BCUT2D eigenvalue weighted by molar-refractivity contribution is -0.125. The molecule has 3 heterocycles. The molecule has 1 N–H and O–H groups in total. The second-order valence-corrected chi connectivity index (χ2v) is 7.07. The summed E-state index contributed by atoms with van der Waals surface area (Å²) < 4.78 is 10.6. The number of carbonyl (C=O) groups excluding carboxylic acids is 1. The van der Waals surface area contributed by atoms with Crippen molar-refractivity contribution >= 4 is 17.2 Å². The van der Waals surface area contributed by atoms with E-state index < -0.39 is 0 Å². The molecular weight excluding hydrogens is 288 g/mol. The molecule has 2 aliphatic heterocycles. The van der Waals surface area contributed by atoms with Crippen molar-refractivity contribution < 1.29 is 14.3 Å². The number of nitrogens with zero attached hydrogens (tertiary/aromatic N) is 1. The summed E-state index contributed by atoms with van der Waals surface area (Å²) in [7, 11) is 1.54. The third-order valence-corrected chi connectivity index (χ3v) is 5.33. The minimum atomic E-state index is -0.0470. The van der Waals surface area contributed by atoms with Crippen LogP contribution in [0.3, 0.4) is 0 Å². The van der Waals surface area contributed by atoms with Crippen LogP contribution in [0.5, 0.6) is 0 Å². The van der Waals surface area contributed by atoms with Crippen molar-refractivity contribution in [2.75, 3.05) is 46.6 Å². The van der Waals surface area contributed by atoms with Crippen molar-refractivity contribution in [3.8, 4) is 0 Å². The van der Waals surface area contributed by atoms with Gasteiger partial charge in [0, 0.05) is 49.5 Å². The van der Waals surface area contributed by atoms with Crippen LogP contribution in [0, 0.1) is 11.3 Å². The van der Waals surface area contributed by atoms with E-state index in [4.69, 9.17) is 9.47 Å². The van der Waals surface area contributed by atoms with Crippen molar-refractivity contribution in [1.82, 2.24) is 10.2 Å². The Bertz CT molecular complexity index is 479. The Morgan fingerprint density at radius 1 is 1.67 bits per heavy atom. The number of methoxy groups -OCH3 is 1. The molecule has 1 amide bonds. The lowest BCUT2D eigenvalue weighted by Gasteiger charge is -2.27. The molecule has 0 aliphatic carbocycles. The number of likely N-dealkylation sites (tertiary alicyclic amines) is 1. The van der Waals surface area contributed by atoms with Gasteiger partial charge in [0.05, 0.1) is 13.2 Å². The zero-order valence-electron chi connectivity index (χ0n) is 12.3. The minimum Gasteiger partial charge on any atom is -0.380 e.